The third-order valence-electron chi connectivity index (χ3n) is 3.13. The van der Waals surface area contributed by atoms with Gasteiger partial charge in [-0.25, -0.2) is 8.78 Å². The summed E-state index contributed by atoms with van der Waals surface area (Å²) in [4.78, 5) is 11.9. The van der Waals surface area contributed by atoms with Gasteiger partial charge in [0.25, 0.3) is 5.91 Å². The number of piperidine rings is 1. The van der Waals surface area contributed by atoms with E-state index in [1.165, 1.54) is 0 Å². The molecule has 1 aliphatic heterocycles. The van der Waals surface area contributed by atoms with Crippen LogP contribution >= 0.6 is 12.4 Å². The van der Waals surface area contributed by atoms with E-state index in [2.05, 4.69) is 10.6 Å². The standard InChI is InChI=1S/C13H16F2N2O.ClH/c1-8-6-10(4-5-16-8)17-13(18)11-7-9(14)2-3-12(11)15;/h2-3,7-8,10,16H,4-6H2,1H3,(H,17,18);1H. The molecule has 106 valence electrons. The molecule has 0 spiro atoms. The number of hydrogen-bond acceptors (Lipinski definition) is 2. The summed E-state index contributed by atoms with van der Waals surface area (Å²) in [7, 11) is 0. The number of carbonyl (C=O) groups is 1. The Hall–Kier alpha value is -1.20. The van der Waals surface area contributed by atoms with Crippen molar-refractivity contribution in [3.63, 3.8) is 0 Å². The minimum absolute atomic E-state index is 0. The van der Waals surface area contributed by atoms with E-state index in [0.29, 0.717) is 6.04 Å². The maximum absolute atomic E-state index is 13.4. The maximum atomic E-state index is 13.4. The predicted molar refractivity (Wildman–Crippen MR) is 71.6 cm³/mol. The molecule has 2 atom stereocenters. The smallest absolute Gasteiger partial charge is 0.254 e. The molecule has 1 heterocycles. The summed E-state index contributed by atoms with van der Waals surface area (Å²) in [5.41, 5.74) is -0.235. The van der Waals surface area contributed by atoms with Crippen LogP contribution in [-0.2, 0) is 0 Å². The topological polar surface area (TPSA) is 41.1 Å². The quantitative estimate of drug-likeness (QED) is 0.877. The van der Waals surface area contributed by atoms with Gasteiger partial charge in [0.1, 0.15) is 11.6 Å². The van der Waals surface area contributed by atoms with E-state index in [-0.39, 0.29) is 24.0 Å². The number of rotatable bonds is 2. The van der Waals surface area contributed by atoms with Gasteiger partial charge in [-0.05, 0) is 44.5 Å². The fourth-order valence-electron chi connectivity index (χ4n) is 2.20. The van der Waals surface area contributed by atoms with Crippen molar-refractivity contribution < 1.29 is 13.6 Å². The van der Waals surface area contributed by atoms with Crippen molar-refractivity contribution in [3.05, 3.63) is 35.4 Å². The van der Waals surface area contributed by atoms with Gasteiger partial charge in [0, 0.05) is 12.1 Å². The number of amides is 1. The molecule has 0 aliphatic carbocycles. The van der Waals surface area contributed by atoms with Gasteiger partial charge in [0.2, 0.25) is 0 Å². The van der Waals surface area contributed by atoms with Crippen molar-refractivity contribution in [2.75, 3.05) is 6.54 Å². The fourth-order valence-corrected chi connectivity index (χ4v) is 2.20. The molecule has 3 nitrogen and oxygen atoms in total. The minimum Gasteiger partial charge on any atom is -0.349 e. The van der Waals surface area contributed by atoms with Gasteiger partial charge < -0.3 is 10.6 Å². The van der Waals surface area contributed by atoms with Crippen LogP contribution in [0.15, 0.2) is 18.2 Å². The van der Waals surface area contributed by atoms with Gasteiger partial charge in [-0.2, -0.15) is 0 Å². The summed E-state index contributed by atoms with van der Waals surface area (Å²) in [5, 5.41) is 6.01. The molecule has 19 heavy (non-hydrogen) atoms. The first-order valence-electron chi connectivity index (χ1n) is 6.05. The molecular weight excluding hydrogens is 274 g/mol. The largest absolute Gasteiger partial charge is 0.349 e. The molecule has 0 saturated carbocycles. The van der Waals surface area contributed by atoms with E-state index >= 15 is 0 Å². The summed E-state index contributed by atoms with van der Waals surface area (Å²) in [6.07, 6.45) is 1.59. The number of nitrogens with one attached hydrogen (secondary N) is 2. The lowest BCUT2D eigenvalue weighted by molar-refractivity contribution is 0.0921. The first kappa shape index (κ1) is 15.9. The van der Waals surface area contributed by atoms with Crippen molar-refractivity contribution in [1.82, 2.24) is 10.6 Å². The van der Waals surface area contributed by atoms with Gasteiger partial charge in [-0.1, -0.05) is 0 Å². The molecular formula is C13H17ClF2N2O. The van der Waals surface area contributed by atoms with Crippen LogP contribution in [0.2, 0.25) is 0 Å². The zero-order valence-corrected chi connectivity index (χ0v) is 11.4. The Balaban J connectivity index is 0.00000180. The van der Waals surface area contributed by atoms with Crippen molar-refractivity contribution >= 4 is 18.3 Å². The van der Waals surface area contributed by atoms with Crippen LogP contribution in [0, 0.1) is 11.6 Å². The predicted octanol–water partition coefficient (Wildman–Crippen LogP) is 2.26. The second kappa shape index (κ2) is 6.82. The summed E-state index contributed by atoms with van der Waals surface area (Å²) in [6.45, 7) is 2.85. The number of hydrogen-bond donors (Lipinski definition) is 2. The Kier molecular flexibility index (Phi) is 5.69. The molecule has 2 rings (SSSR count). The van der Waals surface area contributed by atoms with E-state index in [9.17, 15) is 13.6 Å². The highest BCUT2D eigenvalue weighted by Crippen LogP contribution is 2.12. The highest BCUT2D eigenvalue weighted by molar-refractivity contribution is 5.94. The van der Waals surface area contributed by atoms with Crippen LogP contribution in [0.3, 0.4) is 0 Å². The van der Waals surface area contributed by atoms with Crippen LogP contribution in [-0.4, -0.2) is 24.5 Å². The van der Waals surface area contributed by atoms with E-state index in [1.807, 2.05) is 6.92 Å². The lowest BCUT2D eigenvalue weighted by atomic mass is 10.00. The molecule has 1 aromatic rings. The summed E-state index contributed by atoms with van der Waals surface area (Å²) < 4.78 is 26.4. The molecule has 1 aromatic carbocycles. The average molecular weight is 291 g/mol. The van der Waals surface area contributed by atoms with Gasteiger partial charge in [-0.3, -0.25) is 4.79 Å². The van der Waals surface area contributed by atoms with Gasteiger partial charge in [0.15, 0.2) is 0 Å². The third kappa shape index (κ3) is 4.14. The van der Waals surface area contributed by atoms with E-state index in [0.717, 1.165) is 37.6 Å². The highest BCUT2D eigenvalue weighted by atomic mass is 35.5. The van der Waals surface area contributed by atoms with Crippen molar-refractivity contribution in [1.29, 1.82) is 0 Å². The normalized spacial score (nSPS) is 22.5. The lowest BCUT2D eigenvalue weighted by Crippen LogP contribution is -2.46. The Morgan fingerprint density at radius 2 is 2.16 bits per heavy atom. The molecule has 0 aromatic heterocycles. The molecule has 2 unspecified atom stereocenters. The molecule has 6 heteroatoms. The Morgan fingerprint density at radius 1 is 1.42 bits per heavy atom. The van der Waals surface area contributed by atoms with Crippen LogP contribution < -0.4 is 10.6 Å². The van der Waals surface area contributed by atoms with Crippen LogP contribution in [0.4, 0.5) is 8.78 Å². The monoisotopic (exact) mass is 290 g/mol. The van der Waals surface area contributed by atoms with Crippen LogP contribution in [0.1, 0.15) is 30.1 Å². The molecule has 1 saturated heterocycles. The molecule has 2 N–H and O–H groups in total. The summed E-state index contributed by atoms with van der Waals surface area (Å²) >= 11 is 0. The third-order valence-corrected chi connectivity index (χ3v) is 3.13. The van der Waals surface area contributed by atoms with E-state index in [4.69, 9.17) is 0 Å². The van der Waals surface area contributed by atoms with Crippen molar-refractivity contribution in [2.45, 2.75) is 31.8 Å². The molecule has 1 amide bonds. The van der Waals surface area contributed by atoms with Gasteiger partial charge in [-0.15, -0.1) is 12.4 Å². The zero-order chi connectivity index (χ0) is 13.1. The first-order valence-corrected chi connectivity index (χ1v) is 6.05. The van der Waals surface area contributed by atoms with Crippen molar-refractivity contribution in [3.8, 4) is 0 Å². The summed E-state index contributed by atoms with van der Waals surface area (Å²) in [6, 6.07) is 3.22. The second-order valence-electron chi connectivity index (χ2n) is 4.67. The van der Waals surface area contributed by atoms with E-state index in [1.54, 1.807) is 0 Å². The molecule has 1 fully saturated rings. The Morgan fingerprint density at radius 3 is 2.84 bits per heavy atom. The Labute approximate surface area is 117 Å². The van der Waals surface area contributed by atoms with Gasteiger partial charge >= 0.3 is 0 Å². The molecule has 0 bridgehead atoms. The van der Waals surface area contributed by atoms with Crippen molar-refractivity contribution in [2.24, 2.45) is 0 Å². The summed E-state index contributed by atoms with van der Waals surface area (Å²) in [5.74, 6) is -1.86. The number of benzene rings is 1. The number of halogens is 3. The Bertz CT molecular complexity index is 456. The fraction of sp³-hybridized carbons (Fsp3) is 0.462. The van der Waals surface area contributed by atoms with E-state index < -0.39 is 17.5 Å². The van der Waals surface area contributed by atoms with Crippen LogP contribution in [0.25, 0.3) is 0 Å². The second-order valence-corrected chi connectivity index (χ2v) is 4.67. The zero-order valence-electron chi connectivity index (χ0n) is 10.6. The first-order chi connectivity index (χ1) is 8.56. The van der Waals surface area contributed by atoms with Crippen LogP contribution in [0.5, 0.6) is 0 Å². The molecule has 1 aliphatic rings. The lowest BCUT2D eigenvalue weighted by Gasteiger charge is -2.28. The number of carbonyl (C=O) groups excluding carboxylic acids is 1. The SMILES string of the molecule is CC1CC(NC(=O)c2cc(F)ccc2F)CCN1.Cl. The highest BCUT2D eigenvalue weighted by Gasteiger charge is 2.21. The minimum atomic E-state index is -0.698. The maximum Gasteiger partial charge on any atom is 0.254 e. The van der Waals surface area contributed by atoms with Gasteiger partial charge in [0.05, 0.1) is 5.56 Å². The molecule has 0 radical (unpaired) electrons. The average Bonchev–Trinajstić information content (AvgIpc) is 2.32.